The third-order valence-electron chi connectivity index (χ3n) is 3.02. The molecule has 0 aliphatic rings. The van der Waals surface area contributed by atoms with E-state index in [4.69, 9.17) is 11.6 Å². The zero-order valence-electron chi connectivity index (χ0n) is 10.8. The van der Waals surface area contributed by atoms with Gasteiger partial charge >= 0.3 is 0 Å². The maximum Gasteiger partial charge on any atom is 0.195 e. The van der Waals surface area contributed by atoms with Gasteiger partial charge in [0.25, 0.3) is 0 Å². The largest absolute Gasteiger partial charge is 0.288 e. The van der Waals surface area contributed by atoms with Gasteiger partial charge < -0.3 is 0 Å². The van der Waals surface area contributed by atoms with Gasteiger partial charge in [-0.1, -0.05) is 49.7 Å². The van der Waals surface area contributed by atoms with E-state index in [1.807, 2.05) is 12.1 Å². The molecule has 0 aliphatic heterocycles. The maximum absolute atomic E-state index is 13.7. The summed E-state index contributed by atoms with van der Waals surface area (Å²) in [5.41, 5.74) is 1.67. The van der Waals surface area contributed by atoms with E-state index in [-0.39, 0.29) is 16.4 Å². The van der Waals surface area contributed by atoms with Crippen LogP contribution in [-0.4, -0.2) is 5.78 Å². The molecule has 0 atom stereocenters. The molecule has 0 saturated carbocycles. The molecule has 98 valence electrons. The van der Waals surface area contributed by atoms with E-state index in [0.717, 1.165) is 11.6 Å². The average Bonchev–Trinajstić information content (AvgIpc) is 2.38. The summed E-state index contributed by atoms with van der Waals surface area (Å²) < 4.78 is 13.7. The molecular formula is C16H14ClFO. The van der Waals surface area contributed by atoms with Crippen molar-refractivity contribution in [3.8, 4) is 0 Å². The van der Waals surface area contributed by atoms with Gasteiger partial charge in [0.1, 0.15) is 5.82 Å². The maximum atomic E-state index is 13.7. The summed E-state index contributed by atoms with van der Waals surface area (Å²) in [7, 11) is 0. The molecule has 1 nitrogen and oxygen atoms in total. The summed E-state index contributed by atoms with van der Waals surface area (Å²) in [5.74, 6) is -0.522. The molecule has 0 radical (unpaired) electrons. The van der Waals surface area contributed by atoms with Crippen molar-refractivity contribution in [3.63, 3.8) is 0 Å². The first kappa shape index (κ1) is 13.8. The minimum Gasteiger partial charge on any atom is -0.288 e. The van der Waals surface area contributed by atoms with Crippen LogP contribution in [-0.2, 0) is 0 Å². The molecule has 0 aromatic heterocycles. The number of carbonyl (C=O) groups excluding carboxylic acids is 1. The smallest absolute Gasteiger partial charge is 0.195 e. The first-order valence-corrected chi connectivity index (χ1v) is 6.46. The highest BCUT2D eigenvalue weighted by Crippen LogP contribution is 2.20. The first-order valence-electron chi connectivity index (χ1n) is 6.08. The van der Waals surface area contributed by atoms with Crippen molar-refractivity contribution < 1.29 is 9.18 Å². The van der Waals surface area contributed by atoms with Crippen molar-refractivity contribution in [2.75, 3.05) is 0 Å². The normalized spacial score (nSPS) is 10.8. The molecule has 0 bridgehead atoms. The molecule has 19 heavy (non-hydrogen) atoms. The standard InChI is InChI=1S/C16H14ClFO/c1-10(2)11-3-5-12(6-4-11)16(19)14-8-7-13(17)9-15(14)18/h3-10H,1-2H3. The van der Waals surface area contributed by atoms with E-state index >= 15 is 0 Å². The lowest BCUT2D eigenvalue weighted by Gasteiger charge is -2.07. The fraction of sp³-hybridized carbons (Fsp3) is 0.188. The Morgan fingerprint density at radius 2 is 1.74 bits per heavy atom. The summed E-state index contributed by atoms with van der Waals surface area (Å²) >= 11 is 5.67. The lowest BCUT2D eigenvalue weighted by Crippen LogP contribution is -2.04. The molecule has 0 fully saturated rings. The SMILES string of the molecule is CC(C)c1ccc(C(=O)c2ccc(Cl)cc2F)cc1. The van der Waals surface area contributed by atoms with Crippen LogP contribution in [0, 0.1) is 5.82 Å². The number of benzene rings is 2. The van der Waals surface area contributed by atoms with Crippen LogP contribution in [0.25, 0.3) is 0 Å². The van der Waals surface area contributed by atoms with Gasteiger partial charge in [-0.3, -0.25) is 4.79 Å². The molecule has 2 rings (SSSR count). The summed E-state index contributed by atoms with van der Waals surface area (Å²) in [6, 6.07) is 11.3. The Hall–Kier alpha value is -1.67. The van der Waals surface area contributed by atoms with Crippen LogP contribution in [0.5, 0.6) is 0 Å². The number of hydrogen-bond acceptors (Lipinski definition) is 1. The zero-order valence-corrected chi connectivity index (χ0v) is 11.5. The lowest BCUT2D eigenvalue weighted by molar-refractivity contribution is 0.103. The Morgan fingerprint density at radius 1 is 1.11 bits per heavy atom. The van der Waals surface area contributed by atoms with Crippen LogP contribution in [0.15, 0.2) is 42.5 Å². The molecular weight excluding hydrogens is 263 g/mol. The highest BCUT2D eigenvalue weighted by atomic mass is 35.5. The second-order valence-electron chi connectivity index (χ2n) is 4.73. The first-order chi connectivity index (χ1) is 8.99. The number of rotatable bonds is 3. The lowest BCUT2D eigenvalue weighted by atomic mass is 9.98. The Kier molecular flexibility index (Phi) is 4.01. The van der Waals surface area contributed by atoms with Gasteiger partial charge in [0.15, 0.2) is 5.78 Å². The number of hydrogen-bond donors (Lipinski definition) is 0. The van der Waals surface area contributed by atoms with Crippen molar-refractivity contribution in [2.24, 2.45) is 0 Å². The minimum atomic E-state index is -0.592. The van der Waals surface area contributed by atoms with Crippen LogP contribution in [0.3, 0.4) is 0 Å². The van der Waals surface area contributed by atoms with E-state index < -0.39 is 5.82 Å². The summed E-state index contributed by atoms with van der Waals surface area (Å²) in [4.78, 5) is 12.2. The zero-order chi connectivity index (χ0) is 14.0. The molecule has 0 N–H and O–H groups in total. The molecule has 2 aromatic carbocycles. The molecule has 3 heteroatoms. The minimum absolute atomic E-state index is 0.0432. The molecule has 0 heterocycles. The van der Waals surface area contributed by atoms with Crippen LogP contribution in [0.2, 0.25) is 5.02 Å². The third kappa shape index (κ3) is 3.02. The van der Waals surface area contributed by atoms with Crippen LogP contribution < -0.4 is 0 Å². The highest BCUT2D eigenvalue weighted by Gasteiger charge is 2.14. The molecule has 0 unspecified atom stereocenters. The third-order valence-corrected chi connectivity index (χ3v) is 3.25. The number of carbonyl (C=O) groups is 1. The van der Waals surface area contributed by atoms with Crippen molar-refractivity contribution in [1.29, 1.82) is 0 Å². The van der Waals surface area contributed by atoms with Crippen molar-refractivity contribution in [3.05, 3.63) is 70.0 Å². The van der Waals surface area contributed by atoms with Gasteiger partial charge in [-0.2, -0.15) is 0 Å². The summed E-state index contributed by atoms with van der Waals surface area (Å²) in [6.45, 7) is 4.16. The molecule has 0 saturated heterocycles. The molecule has 2 aromatic rings. The van der Waals surface area contributed by atoms with Crippen LogP contribution in [0.4, 0.5) is 4.39 Å². The second-order valence-corrected chi connectivity index (χ2v) is 5.17. The summed E-state index contributed by atoms with van der Waals surface area (Å²) in [5, 5.41) is 0.282. The van der Waals surface area contributed by atoms with Gasteiger partial charge in [0.2, 0.25) is 0 Å². The second kappa shape index (κ2) is 5.54. The predicted octanol–water partition coefficient (Wildman–Crippen LogP) is 4.83. The fourth-order valence-electron chi connectivity index (χ4n) is 1.85. The Balaban J connectivity index is 2.33. The molecule has 0 spiro atoms. The highest BCUT2D eigenvalue weighted by molar-refractivity contribution is 6.30. The Labute approximate surface area is 117 Å². The van der Waals surface area contributed by atoms with Gasteiger partial charge in [-0.25, -0.2) is 4.39 Å². The van der Waals surface area contributed by atoms with Gasteiger partial charge in [-0.15, -0.1) is 0 Å². The quantitative estimate of drug-likeness (QED) is 0.734. The van der Waals surface area contributed by atoms with Crippen molar-refractivity contribution >= 4 is 17.4 Å². The van der Waals surface area contributed by atoms with E-state index in [2.05, 4.69) is 13.8 Å². The predicted molar refractivity (Wildman–Crippen MR) is 75.4 cm³/mol. The van der Waals surface area contributed by atoms with Crippen LogP contribution in [0.1, 0.15) is 41.3 Å². The average molecular weight is 277 g/mol. The van der Waals surface area contributed by atoms with E-state index in [0.29, 0.717) is 11.5 Å². The van der Waals surface area contributed by atoms with E-state index in [1.54, 1.807) is 12.1 Å². The van der Waals surface area contributed by atoms with Gasteiger partial charge in [0, 0.05) is 10.6 Å². The molecule has 0 amide bonds. The Morgan fingerprint density at radius 3 is 2.26 bits per heavy atom. The van der Waals surface area contributed by atoms with E-state index in [9.17, 15) is 9.18 Å². The van der Waals surface area contributed by atoms with E-state index in [1.165, 1.54) is 12.1 Å². The van der Waals surface area contributed by atoms with Crippen molar-refractivity contribution in [2.45, 2.75) is 19.8 Å². The topological polar surface area (TPSA) is 17.1 Å². The summed E-state index contributed by atoms with van der Waals surface area (Å²) in [6.07, 6.45) is 0. The number of halogens is 2. The monoisotopic (exact) mass is 276 g/mol. The van der Waals surface area contributed by atoms with Crippen molar-refractivity contribution in [1.82, 2.24) is 0 Å². The molecule has 0 aliphatic carbocycles. The van der Waals surface area contributed by atoms with Crippen LogP contribution >= 0.6 is 11.6 Å². The Bertz CT molecular complexity index is 603. The number of ketones is 1. The van der Waals surface area contributed by atoms with Gasteiger partial charge in [-0.05, 0) is 29.7 Å². The fourth-order valence-corrected chi connectivity index (χ4v) is 2.01. The van der Waals surface area contributed by atoms with Gasteiger partial charge in [0.05, 0.1) is 5.56 Å².